The van der Waals surface area contributed by atoms with Crippen molar-refractivity contribution in [1.82, 2.24) is 10.2 Å². The van der Waals surface area contributed by atoms with Gasteiger partial charge in [0.2, 0.25) is 11.8 Å². The first-order valence-electron chi connectivity index (χ1n) is 4.39. The average Bonchev–Trinajstić information content (AvgIpc) is 2.14. The zero-order valence-corrected chi connectivity index (χ0v) is 7.45. The molecule has 13 heavy (non-hydrogen) atoms. The number of carbonyl (C=O) groups excluding carboxylic acids is 2. The van der Waals surface area contributed by atoms with Crippen LogP contribution < -0.4 is 5.32 Å². The predicted molar refractivity (Wildman–Crippen MR) is 45.9 cm³/mol. The summed E-state index contributed by atoms with van der Waals surface area (Å²) in [5.41, 5.74) is 0. The summed E-state index contributed by atoms with van der Waals surface area (Å²) in [6.45, 7) is 1.29. The van der Waals surface area contributed by atoms with Gasteiger partial charge < -0.3 is 15.3 Å². The summed E-state index contributed by atoms with van der Waals surface area (Å²) in [6.07, 6.45) is 0.792. The van der Waals surface area contributed by atoms with Crippen LogP contribution in [0, 0.1) is 0 Å². The molecular weight excluding hydrogens is 172 g/mol. The van der Waals surface area contributed by atoms with Gasteiger partial charge in [0, 0.05) is 26.1 Å². The van der Waals surface area contributed by atoms with Crippen molar-refractivity contribution >= 4 is 11.8 Å². The van der Waals surface area contributed by atoms with E-state index in [1.165, 1.54) is 4.90 Å². The third-order valence-electron chi connectivity index (χ3n) is 1.94. The molecule has 0 spiro atoms. The summed E-state index contributed by atoms with van der Waals surface area (Å²) >= 11 is 0. The van der Waals surface area contributed by atoms with Gasteiger partial charge in [-0.3, -0.25) is 9.59 Å². The number of aliphatic hydroxyl groups excluding tert-OH is 1. The molecule has 5 nitrogen and oxygen atoms in total. The molecule has 1 heterocycles. The Labute approximate surface area is 76.7 Å². The molecule has 5 heteroatoms. The van der Waals surface area contributed by atoms with E-state index in [4.69, 9.17) is 5.11 Å². The van der Waals surface area contributed by atoms with Gasteiger partial charge in [0.05, 0.1) is 6.54 Å². The van der Waals surface area contributed by atoms with Gasteiger partial charge in [0.25, 0.3) is 0 Å². The number of nitrogens with one attached hydrogen (secondary N) is 1. The van der Waals surface area contributed by atoms with E-state index in [9.17, 15) is 9.59 Å². The van der Waals surface area contributed by atoms with Crippen molar-refractivity contribution in [2.45, 2.75) is 12.8 Å². The lowest BCUT2D eigenvalue weighted by Crippen LogP contribution is -2.49. The Hall–Kier alpha value is -1.10. The number of piperazine rings is 1. The summed E-state index contributed by atoms with van der Waals surface area (Å²) in [7, 11) is 0. The average molecular weight is 186 g/mol. The van der Waals surface area contributed by atoms with Gasteiger partial charge in [0.15, 0.2) is 0 Å². The minimum absolute atomic E-state index is 0.0196. The Morgan fingerprint density at radius 1 is 1.62 bits per heavy atom. The van der Waals surface area contributed by atoms with E-state index in [1.54, 1.807) is 0 Å². The second kappa shape index (κ2) is 4.81. The maximum absolute atomic E-state index is 11.3. The lowest BCUT2D eigenvalue weighted by molar-refractivity contribution is -0.138. The monoisotopic (exact) mass is 186 g/mol. The van der Waals surface area contributed by atoms with Crippen molar-refractivity contribution in [3.8, 4) is 0 Å². The number of hydrogen-bond donors (Lipinski definition) is 2. The molecule has 2 N–H and O–H groups in total. The van der Waals surface area contributed by atoms with E-state index < -0.39 is 0 Å². The van der Waals surface area contributed by atoms with Crippen LogP contribution in [0.4, 0.5) is 0 Å². The van der Waals surface area contributed by atoms with E-state index in [-0.39, 0.29) is 25.0 Å². The Bertz CT molecular complexity index is 206. The van der Waals surface area contributed by atoms with E-state index >= 15 is 0 Å². The van der Waals surface area contributed by atoms with Gasteiger partial charge in [-0.1, -0.05) is 0 Å². The molecule has 0 aromatic carbocycles. The molecule has 2 amide bonds. The fourth-order valence-corrected chi connectivity index (χ4v) is 1.24. The number of hydrogen-bond acceptors (Lipinski definition) is 3. The molecule has 0 saturated carbocycles. The second-order valence-electron chi connectivity index (χ2n) is 2.99. The molecule has 1 aliphatic rings. The molecule has 1 fully saturated rings. The summed E-state index contributed by atoms with van der Waals surface area (Å²) in [5, 5.41) is 11.2. The first-order valence-corrected chi connectivity index (χ1v) is 4.39. The Balaban J connectivity index is 2.32. The summed E-state index contributed by atoms with van der Waals surface area (Å²) < 4.78 is 0. The largest absolute Gasteiger partial charge is 0.396 e. The zero-order valence-electron chi connectivity index (χ0n) is 7.45. The fraction of sp³-hybridized carbons (Fsp3) is 0.750. The van der Waals surface area contributed by atoms with Crippen molar-refractivity contribution in [2.75, 3.05) is 26.2 Å². The number of nitrogens with zero attached hydrogens (tertiary/aromatic N) is 1. The van der Waals surface area contributed by atoms with Crippen LogP contribution in [0.25, 0.3) is 0 Å². The maximum Gasteiger partial charge on any atom is 0.239 e. The normalized spacial score (nSPS) is 17.0. The SMILES string of the molecule is O=C1CN(C(=O)CCCO)CCN1. The molecule has 1 rings (SSSR count). The molecule has 0 aliphatic carbocycles. The van der Waals surface area contributed by atoms with Crippen molar-refractivity contribution < 1.29 is 14.7 Å². The zero-order chi connectivity index (χ0) is 9.68. The summed E-state index contributed by atoms with van der Waals surface area (Å²) in [4.78, 5) is 23.8. The topological polar surface area (TPSA) is 69.6 Å². The molecule has 0 radical (unpaired) electrons. The molecule has 0 bridgehead atoms. The van der Waals surface area contributed by atoms with Gasteiger partial charge >= 0.3 is 0 Å². The first kappa shape index (κ1) is 9.98. The molecule has 0 aromatic rings. The molecule has 74 valence electrons. The van der Waals surface area contributed by atoms with Crippen molar-refractivity contribution in [3.63, 3.8) is 0 Å². The highest BCUT2D eigenvalue weighted by Gasteiger charge is 2.19. The van der Waals surface area contributed by atoms with Crippen LogP contribution in [0.1, 0.15) is 12.8 Å². The minimum atomic E-state index is -0.108. The lowest BCUT2D eigenvalue weighted by atomic mass is 10.2. The Kier molecular flexibility index (Phi) is 3.70. The number of carbonyl (C=O) groups is 2. The number of rotatable bonds is 3. The highest BCUT2D eigenvalue weighted by molar-refractivity contribution is 5.85. The van der Waals surface area contributed by atoms with Crippen molar-refractivity contribution in [3.05, 3.63) is 0 Å². The highest BCUT2D eigenvalue weighted by atomic mass is 16.3. The minimum Gasteiger partial charge on any atom is -0.396 e. The number of amides is 2. The van der Waals surface area contributed by atoms with E-state index in [0.29, 0.717) is 25.9 Å². The van der Waals surface area contributed by atoms with Gasteiger partial charge in [-0.25, -0.2) is 0 Å². The molecule has 1 saturated heterocycles. The third kappa shape index (κ3) is 3.02. The lowest BCUT2D eigenvalue weighted by Gasteiger charge is -2.26. The van der Waals surface area contributed by atoms with Gasteiger partial charge in [-0.2, -0.15) is 0 Å². The van der Waals surface area contributed by atoms with Crippen LogP contribution in [0.5, 0.6) is 0 Å². The highest BCUT2D eigenvalue weighted by Crippen LogP contribution is 1.99. The molecule has 0 aromatic heterocycles. The quantitative estimate of drug-likeness (QED) is 0.576. The standard InChI is InChI=1S/C8H14N2O3/c11-5-1-2-8(13)10-4-3-9-7(12)6-10/h11H,1-6H2,(H,9,12). The molecular formula is C8H14N2O3. The van der Waals surface area contributed by atoms with Crippen LogP contribution in [0.15, 0.2) is 0 Å². The van der Waals surface area contributed by atoms with Gasteiger partial charge in [0.1, 0.15) is 0 Å². The van der Waals surface area contributed by atoms with E-state index in [2.05, 4.69) is 5.32 Å². The number of aliphatic hydroxyl groups is 1. The molecule has 0 unspecified atom stereocenters. The van der Waals surface area contributed by atoms with Crippen LogP contribution in [-0.2, 0) is 9.59 Å². The first-order chi connectivity index (χ1) is 6.24. The molecule has 0 atom stereocenters. The van der Waals surface area contributed by atoms with Crippen LogP contribution >= 0.6 is 0 Å². The van der Waals surface area contributed by atoms with Crippen molar-refractivity contribution in [2.24, 2.45) is 0 Å². The van der Waals surface area contributed by atoms with Gasteiger partial charge in [-0.15, -0.1) is 0 Å². The second-order valence-corrected chi connectivity index (χ2v) is 2.99. The van der Waals surface area contributed by atoms with Crippen LogP contribution in [0.3, 0.4) is 0 Å². The fourth-order valence-electron chi connectivity index (χ4n) is 1.24. The van der Waals surface area contributed by atoms with E-state index in [0.717, 1.165) is 0 Å². The smallest absolute Gasteiger partial charge is 0.239 e. The Morgan fingerprint density at radius 2 is 2.38 bits per heavy atom. The summed E-state index contributed by atoms with van der Waals surface area (Å²) in [5.74, 6) is -0.160. The molecule has 1 aliphatic heterocycles. The summed E-state index contributed by atoms with van der Waals surface area (Å²) in [6, 6.07) is 0. The maximum atomic E-state index is 11.3. The predicted octanol–water partition coefficient (Wildman–Crippen LogP) is -1.28. The van der Waals surface area contributed by atoms with Crippen molar-refractivity contribution in [1.29, 1.82) is 0 Å². The van der Waals surface area contributed by atoms with Gasteiger partial charge in [-0.05, 0) is 6.42 Å². The van der Waals surface area contributed by atoms with Crippen LogP contribution in [0.2, 0.25) is 0 Å². The third-order valence-corrected chi connectivity index (χ3v) is 1.94. The van der Waals surface area contributed by atoms with E-state index in [1.807, 2.05) is 0 Å². The Morgan fingerprint density at radius 3 is 3.00 bits per heavy atom. The van der Waals surface area contributed by atoms with Crippen LogP contribution in [-0.4, -0.2) is 48.1 Å².